The lowest BCUT2D eigenvalue weighted by Crippen LogP contribution is -2.48. The molecule has 21 heavy (non-hydrogen) atoms. The smallest absolute Gasteiger partial charge is 0.211 e. The van der Waals surface area contributed by atoms with Gasteiger partial charge in [-0.05, 0) is 0 Å². The van der Waals surface area contributed by atoms with E-state index < -0.39 is 10.0 Å². The number of hydrogen-bond acceptors (Lipinski definition) is 6. The Morgan fingerprint density at radius 3 is 2.19 bits per heavy atom. The molecule has 2 N–H and O–H groups in total. The molecule has 0 aliphatic carbocycles. The summed E-state index contributed by atoms with van der Waals surface area (Å²) in [5, 5.41) is 0.952. The van der Waals surface area contributed by atoms with Gasteiger partial charge in [-0.2, -0.15) is 4.31 Å². The standard InChI is InChI=1S/C13H24N4O2S2/c1-13(2,3)11-10(9-14)20-12(15-11)16-5-7-17(8-6-16)21(4,18)19/h5-9,14H2,1-4H3. The van der Waals surface area contributed by atoms with Crippen molar-refractivity contribution in [1.29, 1.82) is 0 Å². The molecule has 1 fully saturated rings. The van der Waals surface area contributed by atoms with E-state index in [9.17, 15) is 8.42 Å². The summed E-state index contributed by atoms with van der Waals surface area (Å²) in [6.45, 7) is 9.27. The molecule has 0 saturated carbocycles. The highest BCUT2D eigenvalue weighted by molar-refractivity contribution is 7.88. The zero-order chi connectivity index (χ0) is 15.8. The topological polar surface area (TPSA) is 79.5 Å². The number of thiazole rings is 1. The summed E-state index contributed by atoms with van der Waals surface area (Å²) in [6.07, 6.45) is 1.26. The molecule has 0 radical (unpaired) electrons. The molecule has 1 aliphatic rings. The Balaban J connectivity index is 2.16. The summed E-state index contributed by atoms with van der Waals surface area (Å²) in [4.78, 5) is 8.03. The summed E-state index contributed by atoms with van der Waals surface area (Å²) in [5.41, 5.74) is 6.86. The summed E-state index contributed by atoms with van der Waals surface area (Å²) < 4.78 is 24.6. The highest BCUT2D eigenvalue weighted by atomic mass is 32.2. The van der Waals surface area contributed by atoms with Crippen LogP contribution in [0.4, 0.5) is 5.13 Å². The first-order valence-electron chi connectivity index (χ1n) is 7.03. The number of aromatic nitrogens is 1. The van der Waals surface area contributed by atoms with Crippen LogP contribution in [0.2, 0.25) is 0 Å². The second-order valence-electron chi connectivity index (χ2n) is 6.37. The second kappa shape index (κ2) is 5.83. The van der Waals surface area contributed by atoms with Gasteiger partial charge in [0.2, 0.25) is 10.0 Å². The molecule has 120 valence electrons. The molecule has 0 spiro atoms. The predicted octanol–water partition coefficient (Wildman–Crippen LogP) is 0.981. The highest BCUT2D eigenvalue weighted by Crippen LogP contribution is 2.34. The second-order valence-corrected chi connectivity index (χ2v) is 9.42. The van der Waals surface area contributed by atoms with Gasteiger partial charge in [0.25, 0.3) is 0 Å². The van der Waals surface area contributed by atoms with E-state index in [-0.39, 0.29) is 5.41 Å². The molecule has 1 saturated heterocycles. The normalized spacial score (nSPS) is 18.2. The Morgan fingerprint density at radius 2 is 1.81 bits per heavy atom. The molecule has 0 amide bonds. The maximum absolute atomic E-state index is 11.5. The van der Waals surface area contributed by atoms with E-state index in [2.05, 4.69) is 25.7 Å². The van der Waals surface area contributed by atoms with Gasteiger partial charge in [-0.3, -0.25) is 0 Å². The van der Waals surface area contributed by atoms with Crippen molar-refractivity contribution in [3.63, 3.8) is 0 Å². The van der Waals surface area contributed by atoms with E-state index >= 15 is 0 Å². The quantitative estimate of drug-likeness (QED) is 0.892. The lowest BCUT2D eigenvalue weighted by atomic mass is 9.91. The molecule has 0 aromatic carbocycles. The van der Waals surface area contributed by atoms with Crippen molar-refractivity contribution >= 4 is 26.5 Å². The van der Waals surface area contributed by atoms with Crippen LogP contribution >= 0.6 is 11.3 Å². The lowest BCUT2D eigenvalue weighted by molar-refractivity contribution is 0.387. The predicted molar refractivity (Wildman–Crippen MR) is 87.3 cm³/mol. The number of nitrogens with two attached hydrogens (primary N) is 1. The van der Waals surface area contributed by atoms with Gasteiger partial charge in [0.15, 0.2) is 5.13 Å². The Labute approximate surface area is 131 Å². The van der Waals surface area contributed by atoms with Gasteiger partial charge < -0.3 is 10.6 Å². The molecule has 1 aromatic heterocycles. The fraction of sp³-hybridized carbons (Fsp3) is 0.769. The van der Waals surface area contributed by atoms with Gasteiger partial charge in [-0.25, -0.2) is 13.4 Å². The Bertz CT molecular complexity index is 596. The van der Waals surface area contributed by atoms with Crippen molar-refractivity contribution in [2.45, 2.75) is 32.7 Å². The Kier molecular flexibility index (Phi) is 4.63. The van der Waals surface area contributed by atoms with E-state index in [4.69, 9.17) is 10.7 Å². The number of nitrogens with zero attached hydrogens (tertiary/aromatic N) is 3. The SMILES string of the molecule is CC(C)(C)c1nc(N2CCN(S(C)(=O)=O)CC2)sc1CN. The molecular weight excluding hydrogens is 308 g/mol. The van der Waals surface area contributed by atoms with Gasteiger partial charge in [0.05, 0.1) is 11.9 Å². The number of sulfonamides is 1. The van der Waals surface area contributed by atoms with Crippen LogP contribution in [0.25, 0.3) is 0 Å². The molecule has 2 rings (SSSR count). The molecule has 0 unspecified atom stereocenters. The van der Waals surface area contributed by atoms with Gasteiger partial charge in [-0.1, -0.05) is 20.8 Å². The van der Waals surface area contributed by atoms with E-state index in [0.29, 0.717) is 32.7 Å². The zero-order valence-corrected chi connectivity index (χ0v) is 14.7. The van der Waals surface area contributed by atoms with Crippen molar-refractivity contribution in [1.82, 2.24) is 9.29 Å². The molecule has 1 aliphatic heterocycles. The molecule has 0 bridgehead atoms. The van der Waals surface area contributed by atoms with Crippen LogP contribution in [0.15, 0.2) is 0 Å². The average molecular weight is 332 g/mol. The summed E-state index contributed by atoms with van der Waals surface area (Å²) in [7, 11) is -3.09. The van der Waals surface area contributed by atoms with Crippen LogP contribution in [-0.2, 0) is 22.0 Å². The number of anilines is 1. The molecule has 1 aromatic rings. The van der Waals surface area contributed by atoms with Gasteiger partial charge in [-0.15, -0.1) is 11.3 Å². The minimum Gasteiger partial charge on any atom is -0.345 e. The van der Waals surface area contributed by atoms with Crippen molar-refractivity contribution in [2.75, 3.05) is 37.3 Å². The Morgan fingerprint density at radius 1 is 1.24 bits per heavy atom. The zero-order valence-electron chi connectivity index (χ0n) is 13.1. The molecule has 8 heteroatoms. The molecule has 2 heterocycles. The summed E-state index contributed by atoms with van der Waals surface area (Å²) in [5.74, 6) is 0. The third-order valence-electron chi connectivity index (χ3n) is 3.56. The first-order valence-corrected chi connectivity index (χ1v) is 9.69. The maximum atomic E-state index is 11.5. The largest absolute Gasteiger partial charge is 0.345 e. The van der Waals surface area contributed by atoms with Crippen LogP contribution in [0.5, 0.6) is 0 Å². The number of hydrogen-bond donors (Lipinski definition) is 1. The first-order chi connectivity index (χ1) is 9.63. The first kappa shape index (κ1) is 16.7. The highest BCUT2D eigenvalue weighted by Gasteiger charge is 2.28. The fourth-order valence-corrected chi connectivity index (χ4v) is 4.44. The lowest BCUT2D eigenvalue weighted by Gasteiger charge is -2.33. The molecule has 0 atom stereocenters. The monoisotopic (exact) mass is 332 g/mol. The van der Waals surface area contributed by atoms with Gasteiger partial charge in [0.1, 0.15) is 0 Å². The van der Waals surface area contributed by atoms with E-state index in [1.165, 1.54) is 10.6 Å². The summed E-state index contributed by atoms with van der Waals surface area (Å²) >= 11 is 1.62. The van der Waals surface area contributed by atoms with E-state index in [0.717, 1.165) is 15.7 Å². The molecular formula is C13H24N4O2S2. The van der Waals surface area contributed by atoms with Crippen LogP contribution in [-0.4, -0.2) is 50.1 Å². The van der Waals surface area contributed by atoms with Crippen LogP contribution < -0.4 is 10.6 Å². The van der Waals surface area contributed by atoms with Crippen molar-refractivity contribution < 1.29 is 8.42 Å². The minimum atomic E-state index is -3.09. The van der Waals surface area contributed by atoms with E-state index in [1.54, 1.807) is 11.3 Å². The maximum Gasteiger partial charge on any atom is 0.211 e. The van der Waals surface area contributed by atoms with E-state index in [1.807, 2.05) is 0 Å². The number of rotatable bonds is 3. The van der Waals surface area contributed by atoms with Crippen LogP contribution in [0.3, 0.4) is 0 Å². The van der Waals surface area contributed by atoms with Gasteiger partial charge in [0, 0.05) is 43.0 Å². The fourth-order valence-electron chi connectivity index (χ4n) is 2.41. The van der Waals surface area contributed by atoms with Crippen LogP contribution in [0, 0.1) is 0 Å². The van der Waals surface area contributed by atoms with Crippen molar-refractivity contribution in [2.24, 2.45) is 5.73 Å². The van der Waals surface area contributed by atoms with Crippen LogP contribution in [0.1, 0.15) is 31.3 Å². The molecule has 6 nitrogen and oxygen atoms in total. The summed E-state index contributed by atoms with van der Waals surface area (Å²) in [6, 6.07) is 0. The van der Waals surface area contributed by atoms with Crippen molar-refractivity contribution in [3.05, 3.63) is 10.6 Å². The van der Waals surface area contributed by atoms with Crippen molar-refractivity contribution in [3.8, 4) is 0 Å². The third kappa shape index (κ3) is 3.74. The minimum absolute atomic E-state index is 0.0297. The number of piperazine rings is 1. The average Bonchev–Trinajstić information content (AvgIpc) is 2.82. The Hall–Kier alpha value is -0.700. The van der Waals surface area contributed by atoms with Gasteiger partial charge >= 0.3 is 0 Å². The third-order valence-corrected chi connectivity index (χ3v) is 6.00.